The Morgan fingerprint density at radius 3 is 2.70 bits per heavy atom. The summed E-state index contributed by atoms with van der Waals surface area (Å²) >= 11 is 15.3. The fraction of sp³-hybridized carbons (Fsp3) is 0.231. The average molecular weight is 344 g/mol. The number of fused-ring (bicyclic) bond motifs is 1. The van der Waals surface area contributed by atoms with E-state index < -0.39 is 0 Å². The molecule has 0 fully saturated rings. The Kier molecular flexibility index (Phi) is 3.97. The van der Waals surface area contributed by atoms with Gasteiger partial charge in [0.15, 0.2) is 0 Å². The van der Waals surface area contributed by atoms with Gasteiger partial charge in [-0.3, -0.25) is 0 Å². The Balaban J connectivity index is 2.19. The van der Waals surface area contributed by atoms with Crippen LogP contribution in [-0.2, 0) is 0 Å². The quantitative estimate of drug-likeness (QED) is 0.716. The number of hydrogen-bond donors (Lipinski definition) is 1. The first-order valence-corrected chi connectivity index (χ1v) is 8.38. The first-order chi connectivity index (χ1) is 9.61. The average Bonchev–Trinajstić information content (AvgIpc) is 3.07. The zero-order chi connectivity index (χ0) is 14.3. The van der Waals surface area contributed by atoms with Crippen molar-refractivity contribution in [2.24, 2.45) is 5.73 Å². The van der Waals surface area contributed by atoms with Gasteiger partial charge in [-0.05, 0) is 24.6 Å². The highest BCUT2D eigenvalue weighted by Gasteiger charge is 2.18. The van der Waals surface area contributed by atoms with Crippen molar-refractivity contribution in [2.75, 3.05) is 0 Å². The molecular formula is C13H11Cl2N3S2. The van der Waals surface area contributed by atoms with Crippen molar-refractivity contribution in [1.29, 1.82) is 0 Å². The van der Waals surface area contributed by atoms with Gasteiger partial charge in [0.25, 0.3) is 0 Å². The highest BCUT2D eigenvalue weighted by atomic mass is 35.5. The molecule has 0 spiro atoms. The fourth-order valence-electron chi connectivity index (χ4n) is 2.00. The topological polar surface area (TPSA) is 51.8 Å². The third-order valence-corrected chi connectivity index (χ3v) is 5.47. The Morgan fingerprint density at radius 1 is 1.20 bits per heavy atom. The van der Waals surface area contributed by atoms with E-state index in [0.29, 0.717) is 15.6 Å². The largest absolute Gasteiger partial charge is 0.323 e. The summed E-state index contributed by atoms with van der Waals surface area (Å²) in [5.74, 6) is 0. The predicted octanol–water partition coefficient (Wildman–Crippen LogP) is 5.14. The van der Waals surface area contributed by atoms with Gasteiger partial charge < -0.3 is 5.73 Å². The summed E-state index contributed by atoms with van der Waals surface area (Å²) in [6.45, 7) is 2.07. The number of halogens is 2. The zero-order valence-electron chi connectivity index (χ0n) is 10.6. The molecule has 0 amide bonds. The number of benzene rings is 1. The van der Waals surface area contributed by atoms with Gasteiger partial charge in [-0.25, -0.2) is 0 Å². The molecule has 0 aliphatic rings. The van der Waals surface area contributed by atoms with Crippen LogP contribution in [0.3, 0.4) is 0 Å². The summed E-state index contributed by atoms with van der Waals surface area (Å²) in [7, 11) is 0. The standard InChI is InChI=1S/C13H11Cl2N3S2/c1-2-8(16)9-3-4-10(19-9)11-6(14)5-7(15)12-13(11)18-20-17-12/h3-5,8H,2,16H2,1H3. The van der Waals surface area contributed by atoms with Gasteiger partial charge in [0, 0.05) is 21.4 Å². The Labute approximate surface area is 134 Å². The summed E-state index contributed by atoms with van der Waals surface area (Å²) in [6, 6.07) is 5.86. The third kappa shape index (κ3) is 2.34. The van der Waals surface area contributed by atoms with E-state index in [1.165, 1.54) is 0 Å². The maximum atomic E-state index is 6.35. The molecule has 3 rings (SSSR count). The molecule has 1 aromatic carbocycles. The fourth-order valence-corrected chi connectivity index (χ4v) is 4.42. The van der Waals surface area contributed by atoms with Crippen molar-refractivity contribution in [2.45, 2.75) is 19.4 Å². The minimum atomic E-state index is 0.0591. The second kappa shape index (κ2) is 5.58. The monoisotopic (exact) mass is 343 g/mol. The molecule has 104 valence electrons. The van der Waals surface area contributed by atoms with Crippen LogP contribution in [0.4, 0.5) is 0 Å². The molecule has 1 atom stereocenters. The third-order valence-electron chi connectivity index (χ3n) is 3.12. The van der Waals surface area contributed by atoms with Gasteiger partial charge >= 0.3 is 0 Å². The molecule has 2 heterocycles. The van der Waals surface area contributed by atoms with E-state index in [2.05, 4.69) is 15.7 Å². The molecule has 0 aliphatic carbocycles. The van der Waals surface area contributed by atoms with E-state index in [-0.39, 0.29) is 6.04 Å². The molecule has 2 aromatic heterocycles. The van der Waals surface area contributed by atoms with E-state index >= 15 is 0 Å². The zero-order valence-corrected chi connectivity index (χ0v) is 13.7. The van der Waals surface area contributed by atoms with Crippen molar-refractivity contribution in [3.05, 3.63) is 33.1 Å². The van der Waals surface area contributed by atoms with Crippen LogP contribution in [0.2, 0.25) is 10.0 Å². The second-order valence-electron chi connectivity index (χ2n) is 4.39. The van der Waals surface area contributed by atoms with Crippen LogP contribution < -0.4 is 5.73 Å². The lowest BCUT2D eigenvalue weighted by atomic mass is 10.1. The normalized spacial score (nSPS) is 13.0. The van der Waals surface area contributed by atoms with E-state index in [4.69, 9.17) is 28.9 Å². The van der Waals surface area contributed by atoms with Gasteiger partial charge in [0.2, 0.25) is 0 Å². The van der Waals surface area contributed by atoms with Gasteiger partial charge in [0.1, 0.15) is 11.0 Å². The molecular weight excluding hydrogens is 333 g/mol. The first-order valence-electron chi connectivity index (χ1n) is 6.07. The summed E-state index contributed by atoms with van der Waals surface area (Å²) in [6.07, 6.45) is 0.905. The van der Waals surface area contributed by atoms with Crippen molar-refractivity contribution >= 4 is 57.3 Å². The van der Waals surface area contributed by atoms with Crippen molar-refractivity contribution in [3.8, 4) is 10.4 Å². The van der Waals surface area contributed by atoms with E-state index in [1.54, 1.807) is 17.4 Å². The van der Waals surface area contributed by atoms with Crippen molar-refractivity contribution in [3.63, 3.8) is 0 Å². The van der Waals surface area contributed by atoms with Crippen LogP contribution in [-0.4, -0.2) is 8.75 Å². The summed E-state index contributed by atoms with van der Waals surface area (Å²) in [4.78, 5) is 2.19. The molecule has 3 aromatic rings. The van der Waals surface area contributed by atoms with Gasteiger partial charge in [-0.1, -0.05) is 30.1 Å². The van der Waals surface area contributed by atoms with Crippen LogP contribution in [0.5, 0.6) is 0 Å². The maximum Gasteiger partial charge on any atom is 0.124 e. The van der Waals surface area contributed by atoms with Gasteiger partial charge in [-0.2, -0.15) is 8.75 Å². The molecule has 7 heteroatoms. The maximum absolute atomic E-state index is 6.35. The SMILES string of the molecule is CCC(N)c1ccc(-c2c(Cl)cc(Cl)c3nsnc23)s1. The highest BCUT2D eigenvalue weighted by molar-refractivity contribution is 7.15. The molecule has 1 unspecified atom stereocenters. The lowest BCUT2D eigenvalue weighted by molar-refractivity contribution is 0.712. The van der Waals surface area contributed by atoms with E-state index in [1.807, 2.05) is 12.1 Å². The predicted molar refractivity (Wildman–Crippen MR) is 88.0 cm³/mol. The number of hydrogen-bond acceptors (Lipinski definition) is 5. The Hall–Kier alpha value is -0.720. The van der Waals surface area contributed by atoms with Crippen LogP contribution in [0.25, 0.3) is 21.5 Å². The summed E-state index contributed by atoms with van der Waals surface area (Å²) in [5.41, 5.74) is 8.41. The molecule has 0 aliphatic heterocycles. The number of aromatic nitrogens is 2. The number of thiophene rings is 1. The van der Waals surface area contributed by atoms with Crippen molar-refractivity contribution in [1.82, 2.24) is 8.75 Å². The highest BCUT2D eigenvalue weighted by Crippen LogP contribution is 2.41. The minimum absolute atomic E-state index is 0.0591. The smallest absolute Gasteiger partial charge is 0.124 e. The number of rotatable bonds is 3. The Morgan fingerprint density at radius 2 is 1.95 bits per heavy atom. The van der Waals surface area contributed by atoms with Crippen LogP contribution >= 0.6 is 46.3 Å². The van der Waals surface area contributed by atoms with E-state index in [0.717, 1.165) is 39.0 Å². The van der Waals surface area contributed by atoms with Crippen LogP contribution in [0, 0.1) is 0 Å². The Bertz CT molecular complexity index is 766. The molecule has 0 bridgehead atoms. The summed E-state index contributed by atoms with van der Waals surface area (Å²) in [5, 5.41) is 1.12. The molecule has 0 radical (unpaired) electrons. The number of nitrogens with two attached hydrogens (primary N) is 1. The van der Waals surface area contributed by atoms with Gasteiger partial charge in [0.05, 0.1) is 21.8 Å². The minimum Gasteiger partial charge on any atom is -0.323 e. The molecule has 3 nitrogen and oxygen atoms in total. The van der Waals surface area contributed by atoms with Crippen molar-refractivity contribution < 1.29 is 0 Å². The molecule has 0 saturated heterocycles. The summed E-state index contributed by atoms with van der Waals surface area (Å²) < 4.78 is 8.55. The second-order valence-corrected chi connectivity index (χ2v) is 6.85. The lowest BCUT2D eigenvalue weighted by Crippen LogP contribution is -2.05. The van der Waals surface area contributed by atoms with Crippen LogP contribution in [0.1, 0.15) is 24.3 Å². The van der Waals surface area contributed by atoms with Gasteiger partial charge in [-0.15, -0.1) is 11.3 Å². The number of nitrogens with zero attached hydrogens (tertiary/aromatic N) is 2. The molecule has 2 N–H and O–H groups in total. The first kappa shape index (κ1) is 14.2. The lowest BCUT2D eigenvalue weighted by Gasteiger charge is -2.05. The molecule has 0 saturated carbocycles. The molecule has 20 heavy (non-hydrogen) atoms. The van der Waals surface area contributed by atoms with Crippen LogP contribution in [0.15, 0.2) is 18.2 Å². The van der Waals surface area contributed by atoms with E-state index in [9.17, 15) is 0 Å².